The van der Waals surface area contributed by atoms with Crippen molar-refractivity contribution in [2.75, 3.05) is 10.6 Å². The van der Waals surface area contributed by atoms with E-state index in [-0.39, 0.29) is 17.9 Å². The van der Waals surface area contributed by atoms with Crippen LogP contribution in [0.1, 0.15) is 43.2 Å². The molecule has 0 amide bonds. The number of nitriles is 1. The Kier molecular flexibility index (Phi) is 6.63. The smallest absolute Gasteiger partial charge is 0.421 e. The topological polar surface area (TPSA) is 82.9 Å². The molecule has 1 fully saturated rings. The molecule has 1 saturated carbocycles. The number of ether oxygens (including phenoxy) is 1. The average Bonchev–Trinajstić information content (AvgIpc) is 2.81. The van der Waals surface area contributed by atoms with E-state index in [1.807, 2.05) is 18.2 Å². The molecule has 0 spiro atoms. The Bertz CT molecular complexity index is 1120. The zero-order valence-electron chi connectivity index (χ0n) is 17.7. The van der Waals surface area contributed by atoms with Crippen LogP contribution in [-0.4, -0.2) is 16.1 Å². The Labute approximate surface area is 189 Å². The Hall–Kier alpha value is -3.80. The molecule has 4 rings (SSSR count). The van der Waals surface area contributed by atoms with E-state index in [1.165, 1.54) is 43.5 Å². The lowest BCUT2D eigenvalue weighted by atomic mass is 9.98. The van der Waals surface area contributed by atoms with Crippen LogP contribution in [-0.2, 0) is 6.18 Å². The maximum Gasteiger partial charge on any atom is 0.421 e. The fraction of sp³-hybridized carbons (Fsp3) is 0.292. The van der Waals surface area contributed by atoms with E-state index < -0.39 is 11.7 Å². The van der Waals surface area contributed by atoms with Crippen molar-refractivity contribution >= 4 is 23.1 Å². The lowest BCUT2D eigenvalue weighted by molar-refractivity contribution is -0.137. The molecule has 3 aromatic rings. The van der Waals surface area contributed by atoms with E-state index >= 15 is 0 Å². The third kappa shape index (κ3) is 5.92. The summed E-state index contributed by atoms with van der Waals surface area (Å²) in [4.78, 5) is 7.87. The van der Waals surface area contributed by atoms with Crippen molar-refractivity contribution in [2.24, 2.45) is 0 Å². The number of hydrogen-bond acceptors (Lipinski definition) is 6. The highest BCUT2D eigenvalue weighted by atomic mass is 19.4. The van der Waals surface area contributed by atoms with Gasteiger partial charge in [-0.1, -0.05) is 6.42 Å². The van der Waals surface area contributed by atoms with Gasteiger partial charge in [0.1, 0.15) is 17.1 Å². The zero-order chi connectivity index (χ0) is 23.3. The van der Waals surface area contributed by atoms with E-state index in [0.29, 0.717) is 16.9 Å². The maximum absolute atomic E-state index is 13.5. The van der Waals surface area contributed by atoms with Crippen LogP contribution in [0.5, 0.6) is 5.75 Å². The van der Waals surface area contributed by atoms with Crippen molar-refractivity contribution in [2.45, 2.75) is 44.4 Å². The second kappa shape index (κ2) is 9.77. The molecule has 0 aliphatic heterocycles. The van der Waals surface area contributed by atoms with Gasteiger partial charge in [-0.25, -0.2) is 4.98 Å². The number of rotatable bonds is 6. The molecule has 9 heteroatoms. The molecule has 0 saturated heterocycles. The minimum absolute atomic E-state index is 0.0140. The normalized spacial score (nSPS) is 14.4. The summed E-state index contributed by atoms with van der Waals surface area (Å²) in [6.07, 6.45) is 2.03. The third-order valence-corrected chi connectivity index (χ3v) is 5.34. The van der Waals surface area contributed by atoms with Gasteiger partial charge in [-0.2, -0.15) is 23.4 Å². The highest BCUT2D eigenvalue weighted by Crippen LogP contribution is 2.35. The number of anilines is 4. The molecule has 0 atom stereocenters. The Morgan fingerprint density at radius 3 is 2.18 bits per heavy atom. The van der Waals surface area contributed by atoms with Crippen LogP contribution < -0.4 is 15.4 Å². The molecule has 1 heterocycles. The zero-order valence-corrected chi connectivity index (χ0v) is 17.7. The first-order chi connectivity index (χ1) is 15.9. The molecule has 2 aromatic carbocycles. The Balaban J connectivity index is 1.50. The lowest BCUT2D eigenvalue weighted by Crippen LogP contribution is -2.19. The summed E-state index contributed by atoms with van der Waals surface area (Å²) < 4.78 is 46.4. The molecule has 0 radical (unpaired) electrons. The van der Waals surface area contributed by atoms with Gasteiger partial charge < -0.3 is 15.4 Å². The molecular weight excluding hydrogens is 431 g/mol. The van der Waals surface area contributed by atoms with Crippen molar-refractivity contribution in [3.8, 4) is 11.8 Å². The summed E-state index contributed by atoms with van der Waals surface area (Å²) in [6, 6.07) is 15.2. The minimum Gasteiger partial charge on any atom is -0.490 e. The first-order valence-corrected chi connectivity index (χ1v) is 10.7. The van der Waals surface area contributed by atoms with Gasteiger partial charge >= 0.3 is 6.18 Å². The van der Waals surface area contributed by atoms with E-state index in [9.17, 15) is 13.2 Å². The summed E-state index contributed by atoms with van der Waals surface area (Å²) >= 11 is 0. The van der Waals surface area contributed by atoms with Crippen LogP contribution in [0.2, 0.25) is 0 Å². The molecule has 33 heavy (non-hydrogen) atoms. The molecule has 1 aliphatic rings. The number of hydrogen-bond donors (Lipinski definition) is 2. The second-order valence-corrected chi connectivity index (χ2v) is 7.80. The maximum atomic E-state index is 13.5. The van der Waals surface area contributed by atoms with Crippen LogP contribution in [0.25, 0.3) is 0 Å². The monoisotopic (exact) mass is 453 g/mol. The molecule has 2 N–H and O–H groups in total. The number of nitrogens with zero attached hydrogens (tertiary/aromatic N) is 3. The van der Waals surface area contributed by atoms with Crippen LogP contribution in [0.4, 0.5) is 36.3 Å². The number of aromatic nitrogens is 2. The summed E-state index contributed by atoms with van der Waals surface area (Å²) in [5.74, 6) is 0.381. The Morgan fingerprint density at radius 2 is 1.55 bits per heavy atom. The molecule has 170 valence electrons. The van der Waals surface area contributed by atoms with E-state index in [2.05, 4.69) is 20.6 Å². The highest BCUT2D eigenvalue weighted by Gasteiger charge is 2.35. The fourth-order valence-electron chi connectivity index (χ4n) is 3.63. The molecule has 0 bridgehead atoms. The van der Waals surface area contributed by atoms with Gasteiger partial charge in [-0.3, -0.25) is 0 Å². The summed E-state index contributed by atoms with van der Waals surface area (Å²) in [5, 5.41) is 14.5. The van der Waals surface area contributed by atoms with Gasteiger partial charge in [0.25, 0.3) is 0 Å². The van der Waals surface area contributed by atoms with Crippen molar-refractivity contribution in [1.29, 1.82) is 5.26 Å². The van der Waals surface area contributed by atoms with E-state index in [4.69, 9.17) is 10.00 Å². The van der Waals surface area contributed by atoms with E-state index in [0.717, 1.165) is 24.8 Å². The Morgan fingerprint density at radius 1 is 0.909 bits per heavy atom. The van der Waals surface area contributed by atoms with Gasteiger partial charge in [-0.05, 0) is 74.2 Å². The first-order valence-electron chi connectivity index (χ1n) is 10.7. The number of alkyl halides is 3. The average molecular weight is 453 g/mol. The molecule has 1 aliphatic carbocycles. The van der Waals surface area contributed by atoms with Crippen molar-refractivity contribution < 1.29 is 17.9 Å². The van der Waals surface area contributed by atoms with Gasteiger partial charge in [0.2, 0.25) is 5.95 Å². The predicted molar refractivity (Wildman–Crippen MR) is 119 cm³/mol. The van der Waals surface area contributed by atoms with Crippen LogP contribution in [0.3, 0.4) is 0 Å². The van der Waals surface area contributed by atoms with Crippen molar-refractivity contribution in [3.05, 3.63) is 65.9 Å². The molecule has 1 aromatic heterocycles. The number of halogens is 3. The van der Waals surface area contributed by atoms with Gasteiger partial charge in [0, 0.05) is 17.6 Å². The van der Waals surface area contributed by atoms with Gasteiger partial charge in [-0.15, -0.1) is 0 Å². The summed E-state index contributed by atoms with van der Waals surface area (Å²) in [5.41, 5.74) is 0.398. The molecule has 0 unspecified atom stereocenters. The quantitative estimate of drug-likeness (QED) is 0.439. The van der Waals surface area contributed by atoms with Crippen LogP contribution in [0.15, 0.2) is 54.7 Å². The highest BCUT2D eigenvalue weighted by molar-refractivity contribution is 5.63. The predicted octanol–water partition coefficient (Wildman–Crippen LogP) is 6.57. The minimum atomic E-state index is -4.63. The van der Waals surface area contributed by atoms with Gasteiger partial charge in [0.15, 0.2) is 0 Å². The molecular formula is C24H22F3N5O. The third-order valence-electron chi connectivity index (χ3n) is 5.34. The van der Waals surface area contributed by atoms with Crippen LogP contribution >= 0.6 is 0 Å². The van der Waals surface area contributed by atoms with Gasteiger partial charge in [0.05, 0.1) is 17.7 Å². The number of nitrogens with one attached hydrogen (secondary N) is 2. The summed E-state index contributed by atoms with van der Waals surface area (Å²) in [6.45, 7) is 0. The second-order valence-electron chi connectivity index (χ2n) is 7.80. The summed E-state index contributed by atoms with van der Waals surface area (Å²) in [7, 11) is 0. The van der Waals surface area contributed by atoms with Crippen LogP contribution in [0, 0.1) is 11.3 Å². The van der Waals surface area contributed by atoms with E-state index in [1.54, 1.807) is 12.1 Å². The largest absolute Gasteiger partial charge is 0.490 e. The van der Waals surface area contributed by atoms with Crippen molar-refractivity contribution in [3.63, 3.8) is 0 Å². The standard InChI is InChI=1S/C24H22F3N5O/c25-24(26,27)21-15-29-23(32-22(21)30-17-8-6-16(14-28)7-9-17)31-18-10-12-20(13-11-18)33-19-4-2-1-3-5-19/h6-13,15,19H,1-5H2,(H2,29,30,31,32). The number of benzene rings is 2. The first kappa shape index (κ1) is 22.4. The lowest BCUT2D eigenvalue weighted by Gasteiger charge is -2.23. The van der Waals surface area contributed by atoms with Crippen molar-refractivity contribution in [1.82, 2.24) is 9.97 Å². The fourth-order valence-corrected chi connectivity index (χ4v) is 3.63. The molecule has 6 nitrogen and oxygen atoms in total. The SMILES string of the molecule is N#Cc1ccc(Nc2nc(Nc3ccc(OC4CCCCC4)cc3)ncc2C(F)(F)F)cc1.